The van der Waals surface area contributed by atoms with Gasteiger partial charge in [-0.05, 0) is 77.9 Å². The molecule has 8 rings (SSSR count). The minimum Gasteiger partial charge on any atom is -0.481 e. The van der Waals surface area contributed by atoms with Crippen molar-refractivity contribution in [2.75, 3.05) is 67.2 Å². The van der Waals surface area contributed by atoms with Crippen LogP contribution in [0.4, 0.5) is 40.1 Å². The Labute approximate surface area is 323 Å². The van der Waals surface area contributed by atoms with Crippen LogP contribution in [0.5, 0.6) is 5.88 Å². The number of rotatable bonds is 12. The summed E-state index contributed by atoms with van der Waals surface area (Å²) in [5.41, 5.74) is 9.50. The van der Waals surface area contributed by atoms with E-state index in [1.165, 1.54) is 0 Å². The zero-order valence-electron chi connectivity index (χ0n) is 31.6. The van der Waals surface area contributed by atoms with Gasteiger partial charge < -0.3 is 30.1 Å². The number of carbonyl (C=O) groups is 1. The largest absolute Gasteiger partial charge is 0.481 e. The van der Waals surface area contributed by atoms with Crippen LogP contribution >= 0.6 is 0 Å². The lowest BCUT2D eigenvalue weighted by Gasteiger charge is -2.23. The van der Waals surface area contributed by atoms with Gasteiger partial charge in [-0.2, -0.15) is 10.2 Å². The molecule has 0 radical (unpaired) electrons. The quantitative estimate of drug-likeness (QED) is 0.132. The third kappa shape index (κ3) is 7.35. The molecular weight excluding hydrogens is 705 g/mol. The van der Waals surface area contributed by atoms with Crippen molar-refractivity contribution in [3.8, 4) is 28.1 Å². The van der Waals surface area contributed by atoms with E-state index in [2.05, 4.69) is 65.9 Å². The fourth-order valence-corrected chi connectivity index (χ4v) is 6.35. The summed E-state index contributed by atoms with van der Waals surface area (Å²) in [4.78, 5) is 33.9. The van der Waals surface area contributed by atoms with Crippen molar-refractivity contribution in [3.63, 3.8) is 0 Å². The number of hydrogen-bond acceptors (Lipinski definition) is 11. The molecule has 14 nitrogen and oxygen atoms in total. The SMILES string of the molecule is COc1ccc(N(CC(=O)Nc2ccc(Nc3ccn4ncc(-c5cccc(N(C)C)c5)c4n3)cc2)c2ccn3ncc(-c4cccc(N(C)C)c4)c3n2)cn1. The van der Waals surface area contributed by atoms with Crippen LogP contribution in [0.1, 0.15) is 0 Å². The van der Waals surface area contributed by atoms with Gasteiger partial charge in [-0.25, -0.2) is 24.0 Å². The Morgan fingerprint density at radius 1 is 0.679 bits per heavy atom. The van der Waals surface area contributed by atoms with Crippen LogP contribution in [-0.4, -0.2) is 81.9 Å². The highest BCUT2D eigenvalue weighted by Crippen LogP contribution is 2.31. The molecule has 1 amide bonds. The maximum atomic E-state index is 13.7. The number of carbonyl (C=O) groups excluding carboxylic acids is 1. The number of ether oxygens (including phenoxy) is 1. The molecule has 0 spiro atoms. The zero-order chi connectivity index (χ0) is 38.8. The van der Waals surface area contributed by atoms with Crippen LogP contribution < -0.4 is 30.1 Å². The second-order valence-electron chi connectivity index (χ2n) is 13.5. The number of nitrogens with one attached hydrogen (secondary N) is 2. The first-order valence-corrected chi connectivity index (χ1v) is 17.9. The van der Waals surface area contributed by atoms with E-state index in [1.54, 1.807) is 34.6 Å². The first kappa shape index (κ1) is 35.5. The molecule has 0 aliphatic carbocycles. The van der Waals surface area contributed by atoms with Crippen molar-refractivity contribution in [1.82, 2.24) is 34.2 Å². The maximum Gasteiger partial charge on any atom is 0.244 e. The van der Waals surface area contributed by atoms with Crippen LogP contribution in [-0.2, 0) is 4.79 Å². The molecular formula is C42H40N12O2. The van der Waals surface area contributed by atoms with Crippen molar-refractivity contribution < 1.29 is 9.53 Å². The normalized spacial score (nSPS) is 11.1. The highest BCUT2D eigenvalue weighted by molar-refractivity contribution is 5.95. The molecule has 3 aromatic carbocycles. The number of pyridine rings is 1. The summed E-state index contributed by atoms with van der Waals surface area (Å²) in [5, 5.41) is 15.5. The average molecular weight is 745 g/mol. The smallest absolute Gasteiger partial charge is 0.244 e. The van der Waals surface area contributed by atoms with E-state index < -0.39 is 0 Å². The van der Waals surface area contributed by atoms with E-state index in [9.17, 15) is 4.79 Å². The Morgan fingerprint density at radius 2 is 1.29 bits per heavy atom. The van der Waals surface area contributed by atoms with Gasteiger partial charge in [0.25, 0.3) is 0 Å². The highest BCUT2D eigenvalue weighted by Gasteiger charge is 2.19. The van der Waals surface area contributed by atoms with E-state index in [1.807, 2.05) is 112 Å². The van der Waals surface area contributed by atoms with Crippen LogP contribution in [0.25, 0.3) is 33.5 Å². The van der Waals surface area contributed by atoms with Crippen molar-refractivity contribution in [1.29, 1.82) is 0 Å². The lowest BCUT2D eigenvalue weighted by Crippen LogP contribution is -2.30. The molecule has 0 fully saturated rings. The standard InChI is InChI=1S/C42H40N12O2/c1-50(2)32-10-6-8-28(22-32)35-25-44-53-20-18-37(48-41(35)53)46-30-12-14-31(15-13-30)47-39(55)27-52(34-16-17-40(56-5)43-24-34)38-19-21-54-42(49-38)36(26-45-54)29-9-7-11-33(23-29)51(3)4/h6-26H,27H2,1-5H3,(H,46,48)(H,47,55). The summed E-state index contributed by atoms with van der Waals surface area (Å²) in [7, 11) is 9.61. The lowest BCUT2D eigenvalue weighted by molar-refractivity contribution is -0.114. The molecule has 0 unspecified atom stereocenters. The fourth-order valence-electron chi connectivity index (χ4n) is 6.35. The molecule has 0 aliphatic heterocycles. The van der Waals surface area contributed by atoms with E-state index in [4.69, 9.17) is 14.7 Å². The summed E-state index contributed by atoms with van der Waals surface area (Å²) in [6.07, 6.45) is 9.02. The zero-order valence-corrected chi connectivity index (χ0v) is 31.6. The van der Waals surface area contributed by atoms with Crippen molar-refractivity contribution >= 4 is 57.3 Å². The molecule has 0 saturated carbocycles. The van der Waals surface area contributed by atoms with Crippen LogP contribution in [0.15, 0.2) is 128 Å². The molecule has 5 heterocycles. The number of aromatic nitrogens is 7. The minimum absolute atomic E-state index is 0.0359. The van der Waals surface area contributed by atoms with Crippen LogP contribution in [0.3, 0.4) is 0 Å². The molecule has 0 saturated heterocycles. The number of nitrogens with zero attached hydrogens (tertiary/aromatic N) is 10. The predicted octanol–water partition coefficient (Wildman–Crippen LogP) is 7.16. The third-order valence-corrected chi connectivity index (χ3v) is 9.33. The van der Waals surface area contributed by atoms with Crippen molar-refractivity contribution in [2.24, 2.45) is 0 Å². The monoisotopic (exact) mass is 744 g/mol. The van der Waals surface area contributed by atoms with Gasteiger partial charge >= 0.3 is 0 Å². The minimum atomic E-state index is -0.241. The van der Waals surface area contributed by atoms with Gasteiger partial charge in [-0.1, -0.05) is 24.3 Å². The first-order chi connectivity index (χ1) is 27.2. The Kier molecular flexibility index (Phi) is 9.59. The molecule has 56 heavy (non-hydrogen) atoms. The van der Waals surface area contributed by atoms with Crippen molar-refractivity contribution in [3.05, 3.63) is 128 Å². The molecule has 0 atom stereocenters. The van der Waals surface area contributed by atoms with E-state index in [-0.39, 0.29) is 12.5 Å². The average Bonchev–Trinajstić information content (AvgIpc) is 3.85. The number of amides is 1. The summed E-state index contributed by atoms with van der Waals surface area (Å²) in [6.45, 7) is -0.0359. The fraction of sp³-hybridized carbons (Fsp3) is 0.143. The topological polar surface area (TPSA) is 133 Å². The number of benzene rings is 3. The highest BCUT2D eigenvalue weighted by atomic mass is 16.5. The van der Waals surface area contributed by atoms with E-state index in [0.29, 0.717) is 34.5 Å². The number of fused-ring (bicyclic) bond motifs is 2. The molecule has 8 aromatic rings. The second kappa shape index (κ2) is 15.1. The molecule has 5 aromatic heterocycles. The number of anilines is 7. The molecule has 0 bridgehead atoms. The van der Waals surface area contributed by atoms with Crippen LogP contribution in [0, 0.1) is 0 Å². The van der Waals surface area contributed by atoms with Gasteiger partial charge in [0, 0.05) is 80.5 Å². The van der Waals surface area contributed by atoms with Gasteiger partial charge in [0.2, 0.25) is 11.8 Å². The predicted molar refractivity (Wildman–Crippen MR) is 222 cm³/mol. The van der Waals surface area contributed by atoms with Gasteiger partial charge in [0.15, 0.2) is 11.3 Å². The summed E-state index contributed by atoms with van der Waals surface area (Å²) in [5.74, 6) is 1.44. The second-order valence-corrected chi connectivity index (χ2v) is 13.5. The summed E-state index contributed by atoms with van der Waals surface area (Å²) < 4.78 is 8.79. The Hall–Kier alpha value is -7.48. The Bertz CT molecular complexity index is 2650. The van der Waals surface area contributed by atoms with E-state index in [0.717, 1.165) is 45.0 Å². The van der Waals surface area contributed by atoms with Gasteiger partial charge in [-0.3, -0.25) is 4.79 Å². The number of hydrogen-bond donors (Lipinski definition) is 2. The van der Waals surface area contributed by atoms with Crippen LogP contribution in [0.2, 0.25) is 0 Å². The molecule has 2 N–H and O–H groups in total. The van der Waals surface area contributed by atoms with E-state index >= 15 is 0 Å². The number of methoxy groups -OCH3 is 1. The Balaban J connectivity index is 1.01. The Morgan fingerprint density at radius 3 is 1.88 bits per heavy atom. The lowest BCUT2D eigenvalue weighted by atomic mass is 10.1. The van der Waals surface area contributed by atoms with Gasteiger partial charge in [0.05, 0.1) is 31.4 Å². The molecule has 280 valence electrons. The van der Waals surface area contributed by atoms with Gasteiger partial charge in [-0.15, -0.1) is 0 Å². The third-order valence-electron chi connectivity index (χ3n) is 9.33. The van der Waals surface area contributed by atoms with Crippen molar-refractivity contribution in [2.45, 2.75) is 0 Å². The first-order valence-electron chi connectivity index (χ1n) is 17.9. The summed E-state index contributed by atoms with van der Waals surface area (Å²) >= 11 is 0. The maximum absolute atomic E-state index is 13.7. The molecule has 14 heteroatoms. The molecule has 0 aliphatic rings. The summed E-state index contributed by atoms with van der Waals surface area (Å²) in [6, 6.07) is 31.3. The van der Waals surface area contributed by atoms with Gasteiger partial charge in [0.1, 0.15) is 18.2 Å².